The number of anilines is 1. The van der Waals surface area contributed by atoms with E-state index in [4.69, 9.17) is 18.1 Å². The molecular formula is C8H13N3. The molecule has 1 aromatic rings. The normalized spacial score (nSPS) is 27.1. The molecule has 2 N–H and O–H groups in total. The van der Waals surface area contributed by atoms with Crippen LogP contribution in [-0.4, -0.2) is 10.2 Å². The molecule has 1 aromatic heterocycles. The van der Waals surface area contributed by atoms with Gasteiger partial charge in [0.05, 0.1) is 5.69 Å². The van der Waals surface area contributed by atoms with Gasteiger partial charge in [0.25, 0.3) is 0 Å². The fourth-order valence-corrected chi connectivity index (χ4v) is 0.543. The number of nitrogen functional groups attached to an aromatic ring is 1. The topological polar surface area (TPSA) is 51.8 Å². The third kappa shape index (κ3) is 1.90. The van der Waals surface area contributed by atoms with Crippen molar-refractivity contribution in [3.05, 3.63) is 17.8 Å². The van der Waals surface area contributed by atoms with Crippen LogP contribution >= 0.6 is 0 Å². The maximum atomic E-state index is 7.45. The monoisotopic (exact) mass is 160 g/mol. The van der Waals surface area contributed by atoms with Crippen molar-refractivity contribution in [3.63, 3.8) is 0 Å². The summed E-state index contributed by atoms with van der Waals surface area (Å²) in [5.74, 6) is -0.0794. The summed E-state index contributed by atoms with van der Waals surface area (Å²) in [7, 11) is 0. The Bertz CT molecular complexity index is 434. The molecular weight excluding hydrogens is 138 g/mol. The zero-order chi connectivity index (χ0) is 16.0. The summed E-state index contributed by atoms with van der Waals surface area (Å²) < 4.78 is 67.1. The first-order valence-electron chi connectivity index (χ1n) is 7.35. The van der Waals surface area contributed by atoms with Crippen molar-refractivity contribution >= 4 is 5.82 Å². The number of nitrogens with zero attached hydrogens (tertiary/aromatic N) is 2. The lowest BCUT2D eigenvalue weighted by Crippen LogP contribution is -2.14. The zero-order valence-electron chi connectivity index (χ0n) is 14.6. The summed E-state index contributed by atoms with van der Waals surface area (Å²) >= 11 is 0. The maximum Gasteiger partial charge on any atom is 0.146 e. The van der Waals surface area contributed by atoms with E-state index in [9.17, 15) is 0 Å². The van der Waals surface area contributed by atoms with Crippen molar-refractivity contribution < 1.29 is 12.3 Å². The Morgan fingerprint density at radius 1 is 1.36 bits per heavy atom. The predicted octanol–water partition coefficient (Wildman–Crippen LogP) is 1.36. The van der Waals surface area contributed by atoms with Crippen molar-refractivity contribution in [2.24, 2.45) is 0 Å². The van der Waals surface area contributed by atoms with E-state index >= 15 is 0 Å². The molecule has 3 heteroatoms. The highest BCUT2D eigenvalue weighted by Crippen LogP contribution is 2.18. The first-order chi connectivity index (χ1) is 8.75. The SMILES string of the molecule is [2H]C([2H])([2H])C(c1ccc(N)nn1)(C([2H])([2H])[2H])C([2H])([2H])[2H]. The molecule has 0 unspecified atom stereocenters. The van der Waals surface area contributed by atoms with Gasteiger partial charge in [0.15, 0.2) is 0 Å². The molecule has 0 saturated carbocycles. The van der Waals surface area contributed by atoms with Crippen LogP contribution in [-0.2, 0) is 5.41 Å². The Hall–Kier alpha value is -1.12. The van der Waals surface area contributed by atoms with Gasteiger partial charge in [-0.2, -0.15) is 5.10 Å². The molecule has 0 aliphatic carbocycles. The molecule has 0 bridgehead atoms. The van der Waals surface area contributed by atoms with Crippen molar-refractivity contribution in [2.45, 2.75) is 26.0 Å². The first-order valence-corrected chi connectivity index (χ1v) is 2.85. The Labute approximate surface area is 79.3 Å². The van der Waals surface area contributed by atoms with Gasteiger partial charge in [-0.1, -0.05) is 20.6 Å². The van der Waals surface area contributed by atoms with Gasteiger partial charge in [-0.05, 0) is 12.1 Å². The van der Waals surface area contributed by atoms with Gasteiger partial charge in [0, 0.05) is 17.8 Å². The van der Waals surface area contributed by atoms with E-state index in [1.54, 1.807) is 0 Å². The molecule has 0 saturated heterocycles. The van der Waals surface area contributed by atoms with Gasteiger partial charge < -0.3 is 5.73 Å². The highest BCUT2D eigenvalue weighted by Gasteiger charge is 2.14. The molecule has 0 radical (unpaired) electrons. The van der Waals surface area contributed by atoms with Crippen molar-refractivity contribution in [2.75, 3.05) is 5.73 Å². The summed E-state index contributed by atoms with van der Waals surface area (Å²) in [6.07, 6.45) is 0. The van der Waals surface area contributed by atoms with Crippen LogP contribution in [0.5, 0.6) is 0 Å². The van der Waals surface area contributed by atoms with E-state index in [0.717, 1.165) is 12.1 Å². The molecule has 60 valence electrons. The van der Waals surface area contributed by atoms with Crippen LogP contribution in [0, 0.1) is 0 Å². The molecule has 0 spiro atoms. The molecule has 1 heterocycles. The summed E-state index contributed by atoms with van der Waals surface area (Å²) in [6.45, 7) is -10.0. The minimum Gasteiger partial charge on any atom is -0.382 e. The Balaban J connectivity index is 3.77. The number of aromatic nitrogens is 2. The first kappa shape index (κ1) is 2.19. The zero-order valence-corrected chi connectivity index (χ0v) is 5.63. The average molecular weight is 160 g/mol. The van der Waals surface area contributed by atoms with Crippen molar-refractivity contribution in [3.8, 4) is 0 Å². The summed E-state index contributed by atoms with van der Waals surface area (Å²) in [6, 6.07) is 2.08. The van der Waals surface area contributed by atoms with Gasteiger partial charge >= 0.3 is 0 Å². The van der Waals surface area contributed by atoms with Crippen LogP contribution in [0.2, 0.25) is 0 Å². The Morgan fingerprint density at radius 2 is 2.09 bits per heavy atom. The lowest BCUT2D eigenvalue weighted by Gasteiger charge is -2.15. The van der Waals surface area contributed by atoms with Crippen LogP contribution < -0.4 is 5.73 Å². The fraction of sp³-hybridized carbons (Fsp3) is 0.500. The molecule has 0 amide bonds. The second-order valence-corrected chi connectivity index (χ2v) is 2.09. The van der Waals surface area contributed by atoms with E-state index < -0.39 is 31.7 Å². The van der Waals surface area contributed by atoms with Gasteiger partial charge in [-0.25, -0.2) is 0 Å². The molecule has 11 heavy (non-hydrogen) atoms. The van der Waals surface area contributed by atoms with Crippen molar-refractivity contribution in [1.82, 2.24) is 10.2 Å². The minimum absolute atomic E-state index is 0.0794. The number of nitrogens with two attached hydrogens (primary N) is 1. The lowest BCUT2D eigenvalue weighted by molar-refractivity contribution is 0.559. The van der Waals surface area contributed by atoms with E-state index in [0.29, 0.717) is 0 Å². The van der Waals surface area contributed by atoms with Crippen LogP contribution in [0.15, 0.2) is 12.1 Å². The summed E-state index contributed by atoms with van der Waals surface area (Å²) in [5.41, 5.74) is 1.51. The second-order valence-electron chi connectivity index (χ2n) is 2.09. The third-order valence-electron chi connectivity index (χ3n) is 1.07. The summed E-state index contributed by atoms with van der Waals surface area (Å²) in [4.78, 5) is 0. The number of rotatable bonds is 0. The van der Waals surface area contributed by atoms with Gasteiger partial charge in [-0.15, -0.1) is 5.10 Å². The fourth-order valence-electron chi connectivity index (χ4n) is 0.543. The van der Waals surface area contributed by atoms with Crippen LogP contribution in [0.1, 0.15) is 38.6 Å². The minimum atomic E-state index is -3.34. The molecule has 1 rings (SSSR count). The molecule has 0 fully saturated rings. The number of hydrogen-bond donors (Lipinski definition) is 1. The molecule has 0 aliphatic heterocycles. The van der Waals surface area contributed by atoms with E-state index in [1.165, 1.54) is 0 Å². The van der Waals surface area contributed by atoms with E-state index in [1.807, 2.05) is 0 Å². The van der Waals surface area contributed by atoms with E-state index in [-0.39, 0.29) is 5.82 Å². The lowest BCUT2D eigenvalue weighted by atomic mass is 9.92. The van der Waals surface area contributed by atoms with Crippen LogP contribution in [0.25, 0.3) is 0 Å². The average Bonchev–Trinajstić information content (AvgIpc) is 2.14. The maximum absolute atomic E-state index is 7.45. The van der Waals surface area contributed by atoms with Crippen LogP contribution in [0.4, 0.5) is 5.82 Å². The quantitative estimate of drug-likeness (QED) is 0.623. The highest BCUT2D eigenvalue weighted by atomic mass is 15.1. The van der Waals surface area contributed by atoms with Crippen molar-refractivity contribution in [1.29, 1.82) is 0 Å². The predicted molar refractivity (Wildman–Crippen MR) is 45.1 cm³/mol. The third-order valence-corrected chi connectivity index (χ3v) is 1.07. The van der Waals surface area contributed by atoms with Gasteiger partial charge in [-0.3, -0.25) is 0 Å². The molecule has 3 nitrogen and oxygen atoms in total. The molecule has 0 aliphatic rings. The van der Waals surface area contributed by atoms with Crippen LogP contribution in [0.3, 0.4) is 0 Å². The van der Waals surface area contributed by atoms with E-state index in [2.05, 4.69) is 10.2 Å². The van der Waals surface area contributed by atoms with Gasteiger partial charge in [0.1, 0.15) is 5.82 Å². The largest absolute Gasteiger partial charge is 0.382 e. The van der Waals surface area contributed by atoms with Gasteiger partial charge in [0.2, 0.25) is 0 Å². The Morgan fingerprint density at radius 3 is 2.55 bits per heavy atom. The standard InChI is InChI=1S/C8H13N3/c1-8(2,3)6-4-5-7(9)11-10-6/h4-5H,1-3H3,(H2,9,11)/i1D3,2D3,3D3. The highest BCUT2D eigenvalue weighted by molar-refractivity contribution is 5.27. The molecule has 0 aromatic carbocycles. The Kier molecular flexibility index (Phi) is 0.495. The molecule has 0 atom stereocenters. The smallest absolute Gasteiger partial charge is 0.146 e. The summed E-state index contributed by atoms with van der Waals surface area (Å²) in [5, 5.41) is 6.76. The second kappa shape index (κ2) is 2.49. The number of hydrogen-bond acceptors (Lipinski definition) is 3.